The summed E-state index contributed by atoms with van der Waals surface area (Å²) in [7, 11) is 0. The Morgan fingerprint density at radius 1 is 1.33 bits per heavy atom. The molecule has 0 rings (SSSR count). The summed E-state index contributed by atoms with van der Waals surface area (Å²) < 4.78 is 0. The van der Waals surface area contributed by atoms with Crippen LogP contribution in [0.5, 0.6) is 0 Å². The zero-order chi connectivity index (χ0) is 9.72. The van der Waals surface area contributed by atoms with E-state index in [-0.39, 0.29) is 18.0 Å². The minimum atomic E-state index is 0.169. The Kier molecular flexibility index (Phi) is 4.12. The molecular formula is C8H16N4. The average Bonchev–Trinajstić information content (AvgIpc) is 1.85. The van der Waals surface area contributed by atoms with Crippen LogP contribution in [-0.4, -0.2) is 22.9 Å². The molecule has 0 bridgehead atoms. The van der Waals surface area contributed by atoms with Crippen molar-refractivity contribution in [2.45, 2.75) is 39.8 Å². The summed E-state index contributed by atoms with van der Waals surface area (Å²) in [6, 6.07) is 0.469. The van der Waals surface area contributed by atoms with Crippen LogP contribution in [0.4, 0.5) is 0 Å². The molecule has 0 amide bonds. The molecule has 68 valence electrons. The summed E-state index contributed by atoms with van der Waals surface area (Å²) in [6.07, 6.45) is 1.74. The van der Waals surface area contributed by atoms with Gasteiger partial charge < -0.3 is 4.90 Å². The Morgan fingerprint density at radius 3 is 2.00 bits per heavy atom. The molecule has 0 saturated heterocycles. The zero-order valence-corrected chi connectivity index (χ0v) is 8.05. The number of nitrogens with one attached hydrogen (secondary N) is 2. The fraction of sp³-hybridized carbons (Fsp3) is 0.750. The van der Waals surface area contributed by atoms with E-state index in [1.807, 2.05) is 32.6 Å². The highest BCUT2D eigenvalue weighted by molar-refractivity contribution is 5.78. The summed E-state index contributed by atoms with van der Waals surface area (Å²) in [4.78, 5) is 1.84. The minimum absolute atomic E-state index is 0.169. The Balaban J connectivity index is 4.32. The first kappa shape index (κ1) is 10.8. The molecule has 2 N–H and O–H groups in total. The van der Waals surface area contributed by atoms with Gasteiger partial charge in [-0.05, 0) is 27.7 Å². The number of guanidine groups is 1. The van der Waals surface area contributed by atoms with Gasteiger partial charge in [-0.1, -0.05) is 0 Å². The van der Waals surface area contributed by atoms with Gasteiger partial charge in [-0.2, -0.15) is 5.26 Å². The topological polar surface area (TPSA) is 62.9 Å². The molecule has 0 spiro atoms. The smallest absolute Gasteiger partial charge is 0.204 e. The van der Waals surface area contributed by atoms with Crippen LogP contribution in [0.3, 0.4) is 0 Å². The third-order valence-corrected chi connectivity index (χ3v) is 1.55. The Bertz CT molecular complexity index is 182. The van der Waals surface area contributed by atoms with E-state index < -0.39 is 0 Å². The van der Waals surface area contributed by atoms with Gasteiger partial charge in [-0.25, -0.2) is 0 Å². The number of rotatable bonds is 2. The molecular weight excluding hydrogens is 152 g/mol. The van der Waals surface area contributed by atoms with Crippen LogP contribution in [0, 0.1) is 16.9 Å². The van der Waals surface area contributed by atoms with E-state index in [9.17, 15) is 0 Å². The van der Waals surface area contributed by atoms with Crippen molar-refractivity contribution < 1.29 is 0 Å². The first-order valence-electron chi connectivity index (χ1n) is 4.02. The van der Waals surface area contributed by atoms with Crippen LogP contribution in [-0.2, 0) is 0 Å². The molecule has 0 saturated carbocycles. The number of nitriles is 1. The highest BCUT2D eigenvalue weighted by Crippen LogP contribution is 2.03. The summed E-state index contributed by atoms with van der Waals surface area (Å²) in [5.74, 6) is 0.169. The molecule has 0 atom stereocenters. The number of hydrogen-bond donors (Lipinski definition) is 2. The number of nitrogens with zero attached hydrogens (tertiary/aromatic N) is 2. The second-order valence-electron chi connectivity index (χ2n) is 3.18. The highest BCUT2D eigenvalue weighted by atomic mass is 15.3. The maximum atomic E-state index is 8.32. The first-order chi connectivity index (χ1) is 5.50. The van der Waals surface area contributed by atoms with Crippen molar-refractivity contribution in [3.05, 3.63) is 0 Å². The van der Waals surface area contributed by atoms with Crippen LogP contribution < -0.4 is 5.32 Å². The van der Waals surface area contributed by atoms with E-state index in [0.29, 0.717) is 0 Å². The molecule has 0 fully saturated rings. The fourth-order valence-corrected chi connectivity index (χ4v) is 1.23. The quantitative estimate of drug-likeness (QED) is 0.281. The van der Waals surface area contributed by atoms with Gasteiger partial charge in [0.05, 0.1) is 0 Å². The molecule has 12 heavy (non-hydrogen) atoms. The molecule has 4 heteroatoms. The van der Waals surface area contributed by atoms with Crippen molar-refractivity contribution in [1.29, 1.82) is 10.7 Å². The molecule has 0 aliphatic rings. The van der Waals surface area contributed by atoms with E-state index in [1.54, 1.807) is 6.19 Å². The van der Waals surface area contributed by atoms with Crippen molar-refractivity contribution in [2.75, 3.05) is 0 Å². The van der Waals surface area contributed by atoms with Gasteiger partial charge in [0.25, 0.3) is 0 Å². The van der Waals surface area contributed by atoms with Crippen LogP contribution in [0.25, 0.3) is 0 Å². The second-order valence-corrected chi connectivity index (χ2v) is 3.18. The SMILES string of the molecule is CC(C)N(C(=N)NC#N)C(C)C. The Labute approximate surface area is 73.7 Å². The van der Waals surface area contributed by atoms with Gasteiger partial charge in [0.15, 0.2) is 6.19 Å². The van der Waals surface area contributed by atoms with Gasteiger partial charge in [-0.3, -0.25) is 10.7 Å². The van der Waals surface area contributed by atoms with Crippen molar-refractivity contribution in [2.24, 2.45) is 0 Å². The lowest BCUT2D eigenvalue weighted by Crippen LogP contribution is -2.46. The summed E-state index contributed by atoms with van der Waals surface area (Å²) >= 11 is 0. The van der Waals surface area contributed by atoms with E-state index in [4.69, 9.17) is 10.7 Å². The summed E-state index contributed by atoms with van der Waals surface area (Å²) in [5.41, 5.74) is 0. The molecule has 0 radical (unpaired) electrons. The van der Waals surface area contributed by atoms with Crippen LogP contribution in [0.1, 0.15) is 27.7 Å². The maximum absolute atomic E-state index is 8.32. The zero-order valence-electron chi connectivity index (χ0n) is 8.05. The van der Waals surface area contributed by atoms with Gasteiger partial charge in [-0.15, -0.1) is 0 Å². The maximum Gasteiger partial charge on any atom is 0.204 e. The Hall–Kier alpha value is -1.24. The fourth-order valence-electron chi connectivity index (χ4n) is 1.23. The molecule has 0 heterocycles. The van der Waals surface area contributed by atoms with E-state index in [2.05, 4.69) is 5.32 Å². The van der Waals surface area contributed by atoms with Crippen molar-refractivity contribution in [3.8, 4) is 6.19 Å². The van der Waals surface area contributed by atoms with Crippen LogP contribution >= 0.6 is 0 Å². The largest absolute Gasteiger partial charge is 0.338 e. The molecule has 0 aromatic rings. The predicted molar refractivity (Wildman–Crippen MR) is 48.6 cm³/mol. The summed E-state index contributed by atoms with van der Waals surface area (Å²) in [5, 5.41) is 18.1. The predicted octanol–water partition coefficient (Wildman–Crippen LogP) is 1.11. The minimum Gasteiger partial charge on any atom is -0.338 e. The molecule has 0 aromatic heterocycles. The van der Waals surface area contributed by atoms with E-state index >= 15 is 0 Å². The monoisotopic (exact) mass is 168 g/mol. The lowest BCUT2D eigenvalue weighted by atomic mass is 10.2. The van der Waals surface area contributed by atoms with Crippen molar-refractivity contribution >= 4 is 5.96 Å². The first-order valence-corrected chi connectivity index (χ1v) is 4.02. The Morgan fingerprint density at radius 2 is 1.75 bits per heavy atom. The van der Waals surface area contributed by atoms with Gasteiger partial charge in [0.1, 0.15) is 0 Å². The molecule has 0 aliphatic heterocycles. The number of hydrogen-bond acceptors (Lipinski definition) is 2. The second kappa shape index (κ2) is 4.60. The van der Waals surface area contributed by atoms with Crippen molar-refractivity contribution in [3.63, 3.8) is 0 Å². The van der Waals surface area contributed by atoms with Gasteiger partial charge in [0, 0.05) is 12.1 Å². The normalized spacial score (nSPS) is 9.75. The molecule has 0 aromatic carbocycles. The van der Waals surface area contributed by atoms with E-state index in [1.165, 1.54) is 0 Å². The van der Waals surface area contributed by atoms with Gasteiger partial charge >= 0.3 is 0 Å². The lowest BCUT2D eigenvalue weighted by Gasteiger charge is -2.31. The van der Waals surface area contributed by atoms with Crippen LogP contribution in [0.2, 0.25) is 0 Å². The lowest BCUT2D eigenvalue weighted by molar-refractivity contribution is 0.283. The molecule has 0 aliphatic carbocycles. The standard InChI is InChI=1S/C8H16N4/c1-6(2)12(7(3)4)8(10)11-5-9/h6-7H,1-4H3,(H2,10,11). The van der Waals surface area contributed by atoms with Crippen LogP contribution in [0.15, 0.2) is 0 Å². The molecule has 4 nitrogen and oxygen atoms in total. The molecule has 0 unspecified atom stereocenters. The van der Waals surface area contributed by atoms with E-state index in [0.717, 1.165) is 0 Å². The van der Waals surface area contributed by atoms with Crippen molar-refractivity contribution in [1.82, 2.24) is 10.2 Å². The van der Waals surface area contributed by atoms with Gasteiger partial charge in [0.2, 0.25) is 5.96 Å². The third kappa shape index (κ3) is 2.79. The third-order valence-electron chi connectivity index (χ3n) is 1.55. The highest BCUT2D eigenvalue weighted by Gasteiger charge is 2.15. The average molecular weight is 168 g/mol. The summed E-state index contributed by atoms with van der Waals surface area (Å²) in [6.45, 7) is 7.97.